The maximum atomic E-state index is 14.1. The molecule has 1 saturated heterocycles. The van der Waals surface area contributed by atoms with Gasteiger partial charge in [0.05, 0.1) is 10.6 Å². The van der Waals surface area contributed by atoms with Crippen LogP contribution in [-0.2, 0) is 9.53 Å². The van der Waals surface area contributed by atoms with Crippen molar-refractivity contribution in [3.8, 4) is 0 Å². The lowest BCUT2D eigenvalue weighted by atomic mass is 9.99. The molecule has 2 rings (SSSR count). The van der Waals surface area contributed by atoms with E-state index in [-0.39, 0.29) is 5.56 Å². The molecule has 1 amide bonds. The zero-order chi connectivity index (χ0) is 21.9. The summed E-state index contributed by atoms with van der Waals surface area (Å²) in [6.07, 6.45) is -6.36. The molecule has 156 valence electrons. The first-order valence-electron chi connectivity index (χ1n) is 6.89. The van der Waals surface area contributed by atoms with Crippen LogP contribution in [0.4, 0.5) is 50.9 Å². The van der Waals surface area contributed by atoms with Crippen LogP contribution in [0.15, 0.2) is 18.2 Å². The lowest BCUT2D eigenvalue weighted by Gasteiger charge is -2.31. The quantitative estimate of drug-likeness (QED) is 0.448. The van der Waals surface area contributed by atoms with E-state index >= 15 is 0 Å². The minimum absolute atomic E-state index is 0.169. The van der Waals surface area contributed by atoms with Gasteiger partial charge in [0.15, 0.2) is 0 Å². The van der Waals surface area contributed by atoms with Gasteiger partial charge < -0.3 is 5.32 Å². The number of nitro groups is 1. The molecule has 0 aliphatic carbocycles. The molecule has 15 heteroatoms. The van der Waals surface area contributed by atoms with E-state index in [0.29, 0.717) is 6.07 Å². The molecule has 1 heterocycles. The van der Waals surface area contributed by atoms with Crippen LogP contribution in [0.2, 0.25) is 0 Å². The summed E-state index contributed by atoms with van der Waals surface area (Å²) >= 11 is 0. The summed E-state index contributed by atoms with van der Waals surface area (Å²) in [5.74, 6) is -29.3. The van der Waals surface area contributed by atoms with E-state index in [9.17, 15) is 54.4 Å². The van der Waals surface area contributed by atoms with Crippen molar-refractivity contribution >= 4 is 17.3 Å². The van der Waals surface area contributed by atoms with Crippen LogP contribution in [-0.4, -0.2) is 40.6 Å². The Morgan fingerprint density at radius 3 is 2.07 bits per heavy atom. The second-order valence-corrected chi connectivity index (χ2v) is 5.65. The Morgan fingerprint density at radius 1 is 1.11 bits per heavy atom. The Bertz CT molecular complexity index is 845. The van der Waals surface area contributed by atoms with Gasteiger partial charge in [-0.15, -0.1) is 0 Å². The number of benzene rings is 1. The van der Waals surface area contributed by atoms with Crippen molar-refractivity contribution in [2.75, 3.05) is 5.32 Å². The fourth-order valence-electron chi connectivity index (χ4n) is 2.16. The number of carbonyl (C=O) groups is 1. The molecule has 1 N–H and O–H groups in total. The SMILES string of the molecule is Cc1ccc([N+](=O)[O-])cc1NC(=O)C(F)(F)C1(F)OC(F)(F)C(F)(F)C1(F)F. The molecule has 1 unspecified atom stereocenters. The Morgan fingerprint density at radius 2 is 1.64 bits per heavy atom. The molecule has 1 aliphatic rings. The number of anilines is 1. The number of rotatable bonds is 4. The number of halogens is 9. The van der Waals surface area contributed by atoms with E-state index in [4.69, 9.17) is 0 Å². The number of alkyl halides is 9. The first-order chi connectivity index (χ1) is 12.4. The molecule has 0 aromatic heterocycles. The molecule has 0 saturated carbocycles. The van der Waals surface area contributed by atoms with Crippen LogP contribution >= 0.6 is 0 Å². The topological polar surface area (TPSA) is 81.5 Å². The van der Waals surface area contributed by atoms with Crippen molar-refractivity contribution in [3.05, 3.63) is 33.9 Å². The van der Waals surface area contributed by atoms with Gasteiger partial charge in [-0.2, -0.15) is 39.5 Å². The number of hydrogen-bond donors (Lipinski definition) is 1. The summed E-state index contributed by atoms with van der Waals surface area (Å²) in [5.41, 5.74) is -1.76. The third-order valence-corrected chi connectivity index (χ3v) is 3.80. The molecule has 1 aromatic rings. The standard InChI is InChI=1S/C13H7F9N2O4/c1-5-2-3-6(24(26)27)4-7(5)23-8(25)9(14,15)12(20)10(16,17)11(18,19)13(21,22)28-12/h2-4H,1H3,(H,23,25). The maximum absolute atomic E-state index is 14.1. The summed E-state index contributed by atoms with van der Waals surface area (Å²) in [7, 11) is 0. The summed E-state index contributed by atoms with van der Waals surface area (Å²) in [6.45, 7) is 1.09. The molecule has 0 radical (unpaired) electrons. The van der Waals surface area contributed by atoms with E-state index in [1.54, 1.807) is 0 Å². The molecular formula is C13H7F9N2O4. The first-order valence-corrected chi connectivity index (χ1v) is 6.89. The average Bonchev–Trinajstić information content (AvgIpc) is 2.64. The van der Waals surface area contributed by atoms with Crippen LogP contribution in [0, 0.1) is 17.0 Å². The number of carbonyl (C=O) groups excluding carboxylic acids is 1. The van der Waals surface area contributed by atoms with E-state index in [2.05, 4.69) is 4.74 Å². The van der Waals surface area contributed by atoms with Crippen LogP contribution in [0.5, 0.6) is 0 Å². The minimum atomic E-state index is -6.82. The second-order valence-electron chi connectivity index (χ2n) is 5.65. The van der Waals surface area contributed by atoms with Crippen molar-refractivity contribution < 1.29 is 54.0 Å². The van der Waals surface area contributed by atoms with Gasteiger partial charge in [0.25, 0.3) is 5.69 Å². The Hall–Kier alpha value is -2.58. The van der Waals surface area contributed by atoms with Crippen molar-refractivity contribution in [2.45, 2.75) is 36.7 Å². The Balaban J connectivity index is 2.46. The van der Waals surface area contributed by atoms with Gasteiger partial charge >= 0.3 is 35.6 Å². The third-order valence-electron chi connectivity index (χ3n) is 3.80. The molecule has 1 atom stereocenters. The van der Waals surface area contributed by atoms with Crippen molar-refractivity contribution in [2.24, 2.45) is 0 Å². The zero-order valence-corrected chi connectivity index (χ0v) is 13.2. The molecular weight excluding hydrogens is 419 g/mol. The number of aryl methyl sites for hydroxylation is 1. The lowest BCUT2D eigenvalue weighted by molar-refractivity contribution is -0.384. The predicted octanol–water partition coefficient (Wildman–Crippen LogP) is 4.04. The maximum Gasteiger partial charge on any atom is 0.428 e. The molecule has 1 aromatic carbocycles. The Labute approximate surface area is 148 Å². The van der Waals surface area contributed by atoms with E-state index in [0.717, 1.165) is 24.4 Å². The average molecular weight is 426 g/mol. The molecule has 28 heavy (non-hydrogen) atoms. The van der Waals surface area contributed by atoms with Crippen LogP contribution in [0.1, 0.15) is 5.56 Å². The molecule has 1 fully saturated rings. The number of non-ortho nitro benzene ring substituents is 1. The zero-order valence-electron chi connectivity index (χ0n) is 13.2. The van der Waals surface area contributed by atoms with Gasteiger partial charge in [-0.05, 0) is 12.5 Å². The molecule has 0 spiro atoms. The monoisotopic (exact) mass is 426 g/mol. The lowest BCUT2D eigenvalue weighted by Crippen LogP contribution is -2.63. The van der Waals surface area contributed by atoms with Crippen molar-refractivity contribution in [1.82, 2.24) is 0 Å². The normalized spacial score (nSPS) is 25.4. The highest BCUT2D eigenvalue weighted by Crippen LogP contribution is 2.64. The number of amides is 1. The number of hydrogen-bond acceptors (Lipinski definition) is 4. The highest BCUT2D eigenvalue weighted by atomic mass is 19.4. The first kappa shape index (κ1) is 21.7. The largest absolute Gasteiger partial charge is 0.428 e. The molecule has 1 aliphatic heterocycles. The van der Waals surface area contributed by atoms with Crippen molar-refractivity contribution in [3.63, 3.8) is 0 Å². The third kappa shape index (κ3) is 2.67. The highest BCUT2D eigenvalue weighted by molar-refractivity contribution is 5.98. The summed E-state index contributed by atoms with van der Waals surface area (Å²) in [4.78, 5) is 21.2. The fraction of sp³-hybridized carbons (Fsp3) is 0.462. The van der Waals surface area contributed by atoms with Gasteiger partial charge in [-0.25, -0.2) is 0 Å². The van der Waals surface area contributed by atoms with E-state index in [1.807, 2.05) is 0 Å². The van der Waals surface area contributed by atoms with Gasteiger partial charge in [0.2, 0.25) is 0 Å². The smallest absolute Gasteiger partial charge is 0.320 e. The minimum Gasteiger partial charge on any atom is -0.320 e. The highest BCUT2D eigenvalue weighted by Gasteiger charge is 2.96. The second kappa shape index (κ2) is 5.96. The fourth-order valence-corrected chi connectivity index (χ4v) is 2.16. The summed E-state index contributed by atoms with van der Waals surface area (Å²) < 4.78 is 123. The van der Waals surface area contributed by atoms with E-state index in [1.165, 1.54) is 0 Å². The number of nitrogens with zero attached hydrogens (tertiary/aromatic N) is 1. The number of nitro benzene ring substituents is 1. The molecule has 6 nitrogen and oxygen atoms in total. The van der Waals surface area contributed by atoms with Gasteiger partial charge in [-0.1, -0.05) is 6.07 Å². The summed E-state index contributed by atoms with van der Waals surface area (Å²) in [6, 6.07) is 2.24. The number of ether oxygens (including phenoxy) is 1. The van der Waals surface area contributed by atoms with E-state index < -0.39 is 51.9 Å². The van der Waals surface area contributed by atoms with Gasteiger partial charge in [0, 0.05) is 12.1 Å². The van der Waals surface area contributed by atoms with Crippen molar-refractivity contribution in [1.29, 1.82) is 0 Å². The van der Waals surface area contributed by atoms with Crippen LogP contribution < -0.4 is 5.32 Å². The molecule has 0 bridgehead atoms. The predicted molar refractivity (Wildman–Crippen MR) is 71.2 cm³/mol. The van der Waals surface area contributed by atoms with Gasteiger partial charge in [0.1, 0.15) is 0 Å². The Kier molecular flexibility index (Phi) is 4.62. The van der Waals surface area contributed by atoms with Crippen LogP contribution in [0.25, 0.3) is 0 Å². The van der Waals surface area contributed by atoms with Gasteiger partial charge in [-0.3, -0.25) is 19.6 Å². The summed E-state index contributed by atoms with van der Waals surface area (Å²) in [5, 5.41) is 11.7. The number of nitrogens with one attached hydrogen (secondary N) is 1. The van der Waals surface area contributed by atoms with Crippen LogP contribution in [0.3, 0.4) is 0 Å².